The maximum atomic E-state index is 13.4. The molecule has 172 valence electrons. The van der Waals surface area contributed by atoms with Gasteiger partial charge in [-0.15, -0.1) is 11.8 Å². The van der Waals surface area contributed by atoms with Crippen molar-refractivity contribution >= 4 is 41.2 Å². The highest BCUT2D eigenvalue weighted by Crippen LogP contribution is 2.37. The van der Waals surface area contributed by atoms with Crippen molar-refractivity contribution in [1.29, 1.82) is 0 Å². The fraction of sp³-hybridized carbons (Fsp3) is 0.542. The van der Waals surface area contributed by atoms with Crippen molar-refractivity contribution in [1.82, 2.24) is 15.1 Å². The molecule has 0 spiro atoms. The summed E-state index contributed by atoms with van der Waals surface area (Å²) in [5, 5.41) is 5.29. The topological polar surface area (TPSA) is 69.7 Å². The second-order valence-corrected chi connectivity index (χ2v) is 10.4. The molecule has 1 aliphatic carbocycles. The first-order valence-electron chi connectivity index (χ1n) is 11.4. The minimum Gasteiger partial charge on any atom is -0.356 e. The normalized spacial score (nSPS) is 27.6. The summed E-state index contributed by atoms with van der Waals surface area (Å²) in [4.78, 5) is 42.1. The molecule has 0 radical (unpaired) electrons. The van der Waals surface area contributed by atoms with Crippen LogP contribution in [0.3, 0.4) is 0 Å². The van der Waals surface area contributed by atoms with Crippen molar-refractivity contribution in [2.45, 2.75) is 56.9 Å². The highest BCUT2D eigenvalue weighted by atomic mass is 35.5. The number of hydrogen-bond donors (Lipinski definition) is 1. The second kappa shape index (κ2) is 10.3. The van der Waals surface area contributed by atoms with Gasteiger partial charge in [-0.25, -0.2) is 4.79 Å². The second-order valence-electron chi connectivity index (χ2n) is 8.87. The van der Waals surface area contributed by atoms with Gasteiger partial charge in [-0.3, -0.25) is 14.5 Å². The van der Waals surface area contributed by atoms with Crippen LogP contribution in [0.4, 0.5) is 4.79 Å². The fourth-order valence-electron chi connectivity index (χ4n) is 4.78. The number of nitrogens with one attached hydrogen (secondary N) is 1. The molecule has 6 nitrogen and oxygen atoms in total. The van der Waals surface area contributed by atoms with Gasteiger partial charge in [-0.05, 0) is 61.1 Å². The first kappa shape index (κ1) is 23.2. The molecule has 32 heavy (non-hydrogen) atoms. The lowest BCUT2D eigenvalue weighted by Gasteiger charge is -2.43. The van der Waals surface area contributed by atoms with Gasteiger partial charge in [0.05, 0.1) is 6.04 Å². The number of nitrogens with zero attached hydrogens (tertiary/aromatic N) is 2. The van der Waals surface area contributed by atoms with E-state index in [1.165, 1.54) is 16.7 Å². The zero-order valence-corrected chi connectivity index (χ0v) is 19.9. The summed E-state index contributed by atoms with van der Waals surface area (Å²) in [6, 6.07) is 7.04. The highest BCUT2D eigenvalue weighted by molar-refractivity contribution is 8.03. The fourth-order valence-corrected chi connectivity index (χ4v) is 5.97. The van der Waals surface area contributed by atoms with Crippen LogP contribution in [0, 0.1) is 11.8 Å². The number of fused-ring (bicyclic) bond motifs is 1. The van der Waals surface area contributed by atoms with Gasteiger partial charge in [0.15, 0.2) is 0 Å². The Morgan fingerprint density at radius 3 is 2.56 bits per heavy atom. The van der Waals surface area contributed by atoms with Gasteiger partial charge in [-0.2, -0.15) is 0 Å². The molecule has 1 aromatic rings. The summed E-state index contributed by atoms with van der Waals surface area (Å²) in [7, 11) is 0. The lowest BCUT2D eigenvalue weighted by atomic mass is 9.81. The Morgan fingerprint density at radius 2 is 1.88 bits per heavy atom. The van der Waals surface area contributed by atoms with Crippen molar-refractivity contribution in [2.24, 2.45) is 11.8 Å². The van der Waals surface area contributed by atoms with Crippen LogP contribution in [-0.4, -0.2) is 52.0 Å². The van der Waals surface area contributed by atoms with E-state index in [0.717, 1.165) is 37.7 Å². The first-order chi connectivity index (χ1) is 15.5. The highest BCUT2D eigenvalue weighted by Gasteiger charge is 2.47. The van der Waals surface area contributed by atoms with E-state index in [0.29, 0.717) is 24.7 Å². The Labute approximate surface area is 198 Å². The predicted octanol–water partition coefficient (Wildman–Crippen LogP) is 4.43. The van der Waals surface area contributed by atoms with E-state index in [4.69, 9.17) is 11.6 Å². The summed E-state index contributed by atoms with van der Waals surface area (Å²) in [6.45, 7) is 3.63. The number of imide groups is 1. The van der Waals surface area contributed by atoms with E-state index < -0.39 is 0 Å². The van der Waals surface area contributed by atoms with Crippen molar-refractivity contribution in [2.75, 3.05) is 13.1 Å². The Hall–Kier alpha value is -1.99. The van der Waals surface area contributed by atoms with E-state index in [-0.39, 0.29) is 41.0 Å². The average molecular weight is 476 g/mol. The average Bonchev–Trinajstić information content (AvgIpc) is 3.29. The first-order valence-corrected chi connectivity index (χ1v) is 12.8. The third kappa shape index (κ3) is 4.99. The lowest BCUT2D eigenvalue weighted by Crippen LogP contribution is -2.62. The quantitative estimate of drug-likeness (QED) is 0.633. The Balaban J connectivity index is 1.41. The third-order valence-corrected chi connectivity index (χ3v) is 7.97. The van der Waals surface area contributed by atoms with Gasteiger partial charge in [0.25, 0.3) is 0 Å². The molecule has 0 aromatic heterocycles. The van der Waals surface area contributed by atoms with Crippen LogP contribution in [0.15, 0.2) is 35.7 Å². The molecule has 4 rings (SSSR count). The monoisotopic (exact) mass is 475 g/mol. The van der Waals surface area contributed by atoms with Gasteiger partial charge in [-0.1, -0.05) is 36.7 Å². The number of rotatable bonds is 7. The molecule has 3 aliphatic rings. The van der Waals surface area contributed by atoms with Gasteiger partial charge in [0.2, 0.25) is 11.8 Å². The lowest BCUT2D eigenvalue weighted by molar-refractivity contribution is -0.132. The predicted molar refractivity (Wildman–Crippen MR) is 127 cm³/mol. The van der Waals surface area contributed by atoms with Crippen LogP contribution >= 0.6 is 23.4 Å². The molecule has 2 fully saturated rings. The molecule has 1 saturated heterocycles. The number of carbonyl (C=O) groups is 3. The zero-order chi connectivity index (χ0) is 22.7. The largest absolute Gasteiger partial charge is 0.356 e. The van der Waals surface area contributed by atoms with Crippen LogP contribution in [0.5, 0.6) is 0 Å². The summed E-state index contributed by atoms with van der Waals surface area (Å²) in [6.07, 6.45) is 6.23. The van der Waals surface area contributed by atoms with Crippen molar-refractivity contribution < 1.29 is 14.4 Å². The van der Waals surface area contributed by atoms with Crippen molar-refractivity contribution in [3.63, 3.8) is 0 Å². The smallest absolute Gasteiger partial charge is 0.327 e. The SMILES string of the molecule is CCCNC(=O)C1CCC(CN2C(=O)C3SC=CC3N(Cc3ccc(Cl)cc3)C2=O)CC1. The third-order valence-electron chi connectivity index (χ3n) is 6.63. The zero-order valence-electron chi connectivity index (χ0n) is 18.3. The molecule has 8 heteroatoms. The number of thioether (sulfide) groups is 1. The maximum absolute atomic E-state index is 13.4. The number of amides is 4. The van der Waals surface area contributed by atoms with Crippen LogP contribution in [0.1, 0.15) is 44.6 Å². The number of urea groups is 1. The number of carbonyl (C=O) groups excluding carboxylic acids is 3. The Kier molecular flexibility index (Phi) is 7.46. The summed E-state index contributed by atoms with van der Waals surface area (Å²) in [5.41, 5.74) is 0.986. The van der Waals surface area contributed by atoms with Crippen molar-refractivity contribution in [3.05, 3.63) is 46.3 Å². The summed E-state index contributed by atoms with van der Waals surface area (Å²) < 4.78 is 0. The van der Waals surface area contributed by atoms with E-state index >= 15 is 0 Å². The minimum atomic E-state index is -0.281. The molecule has 1 saturated carbocycles. The van der Waals surface area contributed by atoms with E-state index in [2.05, 4.69) is 5.32 Å². The molecule has 1 aromatic carbocycles. The number of halogens is 1. The van der Waals surface area contributed by atoms with Crippen molar-refractivity contribution in [3.8, 4) is 0 Å². The molecular formula is C24H30ClN3O3S. The minimum absolute atomic E-state index is 0.0472. The summed E-state index contributed by atoms with van der Waals surface area (Å²) in [5.74, 6) is 0.336. The van der Waals surface area contributed by atoms with Gasteiger partial charge in [0, 0.05) is 30.6 Å². The molecule has 2 unspecified atom stereocenters. The standard InChI is InChI=1S/C24H30ClN3O3S/c1-2-12-26-22(29)18-7-3-16(4-8-18)15-28-23(30)21-20(11-13-32-21)27(24(28)31)14-17-5-9-19(25)10-6-17/h5-6,9-11,13,16,18,20-21H,2-4,7-8,12,14-15H2,1H3,(H,26,29). The number of benzene rings is 1. The van der Waals surface area contributed by atoms with E-state index in [1.54, 1.807) is 4.90 Å². The van der Waals surface area contributed by atoms with Crippen LogP contribution in [-0.2, 0) is 16.1 Å². The maximum Gasteiger partial charge on any atom is 0.327 e. The molecule has 0 bridgehead atoms. The van der Waals surface area contributed by atoms with Crippen LogP contribution in [0.2, 0.25) is 5.02 Å². The number of hydrogen-bond acceptors (Lipinski definition) is 4. The van der Waals surface area contributed by atoms with Gasteiger partial charge in [0.1, 0.15) is 5.25 Å². The Morgan fingerprint density at radius 1 is 1.16 bits per heavy atom. The molecule has 2 atom stereocenters. The molecule has 4 amide bonds. The van der Waals surface area contributed by atoms with E-state index in [9.17, 15) is 14.4 Å². The van der Waals surface area contributed by atoms with Crippen LogP contribution in [0.25, 0.3) is 0 Å². The Bertz CT molecular complexity index is 883. The van der Waals surface area contributed by atoms with Gasteiger partial charge >= 0.3 is 6.03 Å². The van der Waals surface area contributed by atoms with Crippen LogP contribution < -0.4 is 5.32 Å². The van der Waals surface area contributed by atoms with Gasteiger partial charge < -0.3 is 10.2 Å². The molecule has 1 N–H and O–H groups in total. The molecule has 2 heterocycles. The molecular weight excluding hydrogens is 446 g/mol. The summed E-state index contributed by atoms with van der Waals surface area (Å²) >= 11 is 7.50. The van der Waals surface area contributed by atoms with E-state index in [1.807, 2.05) is 42.7 Å². The molecule has 2 aliphatic heterocycles.